The maximum Gasteiger partial charge on any atom is 0.349 e. The molecule has 0 aromatic rings. The van der Waals surface area contributed by atoms with Crippen LogP contribution in [0.3, 0.4) is 0 Å². The lowest BCUT2D eigenvalue weighted by Crippen LogP contribution is -2.34. The van der Waals surface area contributed by atoms with Gasteiger partial charge in [-0.3, -0.25) is 0 Å². The quantitative estimate of drug-likeness (QED) is 0.621. The molecule has 1 unspecified atom stereocenters. The van der Waals surface area contributed by atoms with Gasteiger partial charge in [0.25, 0.3) is 0 Å². The maximum atomic E-state index is 12.2. The van der Waals surface area contributed by atoms with Crippen molar-refractivity contribution in [3.05, 3.63) is 0 Å². The van der Waals surface area contributed by atoms with Gasteiger partial charge in [0.2, 0.25) is 0 Å². The number of methoxy groups -OCH3 is 1. The third kappa shape index (κ3) is 2.42. The van der Waals surface area contributed by atoms with Crippen molar-refractivity contribution in [3.8, 4) is 0 Å². The Kier molecular flexibility index (Phi) is 2.95. The van der Waals surface area contributed by atoms with E-state index in [-0.39, 0.29) is 0 Å². The lowest BCUT2D eigenvalue weighted by atomic mass is 10.7. The van der Waals surface area contributed by atoms with Gasteiger partial charge in [-0.25, -0.2) is 0 Å². The van der Waals surface area contributed by atoms with Crippen molar-refractivity contribution in [3.63, 3.8) is 0 Å². The van der Waals surface area contributed by atoms with E-state index in [2.05, 4.69) is 39.5 Å². The lowest BCUT2D eigenvalue weighted by Gasteiger charge is -2.21. The first-order valence-electron chi connectivity index (χ1n) is 1.81. The fourth-order valence-corrected chi connectivity index (χ4v) is 0.270. The molecule has 0 aromatic carbocycles. The molecule has 0 bridgehead atoms. The number of rotatable bonds is 2. The molecule has 0 N–H and O–H groups in total. The van der Waals surface area contributed by atoms with Crippen molar-refractivity contribution < 1.29 is 13.5 Å². The van der Waals surface area contributed by atoms with E-state index in [1.165, 1.54) is 0 Å². The summed E-state index contributed by atoms with van der Waals surface area (Å²) in [4.78, 5) is 0. The highest BCUT2D eigenvalue weighted by Crippen LogP contribution is 2.41. The second-order valence-electron chi connectivity index (χ2n) is 1.22. The number of alkyl halides is 5. The van der Waals surface area contributed by atoms with Crippen LogP contribution < -0.4 is 0 Å². The predicted octanol–water partition coefficient (Wildman–Crippen LogP) is 2.60. The van der Waals surface area contributed by atoms with E-state index in [0.29, 0.717) is 0 Å². The van der Waals surface area contributed by atoms with E-state index in [1.807, 2.05) is 0 Å². The Bertz CT molecular complexity index is 99.7. The number of hydrogen-bond donors (Lipinski definition) is 0. The third-order valence-corrected chi connectivity index (χ3v) is 1.68. The van der Waals surface area contributed by atoms with Gasteiger partial charge >= 0.3 is 9.90 Å². The molecule has 0 fully saturated rings. The van der Waals surface area contributed by atoms with Crippen molar-refractivity contribution in [1.29, 1.82) is 0 Å². The minimum absolute atomic E-state index is 0.839. The smallest absolute Gasteiger partial charge is 0.333 e. The average Bonchev–Trinajstić information content (AvgIpc) is 1.64. The summed E-state index contributed by atoms with van der Waals surface area (Å²) in [5.74, 6) is 0. The second kappa shape index (κ2) is 2.74. The summed E-state index contributed by atoms with van der Waals surface area (Å²) in [6, 6.07) is 0. The molecule has 0 heterocycles. The predicted molar refractivity (Wildman–Crippen MR) is 32.2 cm³/mol. The summed E-state index contributed by atoms with van der Waals surface area (Å²) in [7, 11) is 0.839. The van der Waals surface area contributed by atoms with Crippen LogP contribution in [0.2, 0.25) is 0 Å². The van der Waals surface area contributed by atoms with Crippen LogP contribution >= 0.6 is 34.8 Å². The van der Waals surface area contributed by atoms with E-state index in [4.69, 9.17) is 0 Å². The molecule has 0 saturated heterocycles. The van der Waals surface area contributed by atoms with Crippen LogP contribution in [0.4, 0.5) is 8.78 Å². The van der Waals surface area contributed by atoms with E-state index in [1.54, 1.807) is 0 Å². The Balaban J connectivity index is 4.14. The largest absolute Gasteiger partial charge is 0.349 e. The van der Waals surface area contributed by atoms with Crippen molar-refractivity contribution >= 4 is 34.8 Å². The molecule has 0 aromatic heterocycles. The molecule has 9 heavy (non-hydrogen) atoms. The Labute approximate surface area is 65.8 Å². The third-order valence-electron chi connectivity index (χ3n) is 0.586. The van der Waals surface area contributed by atoms with E-state index in [0.717, 1.165) is 7.11 Å². The van der Waals surface area contributed by atoms with Gasteiger partial charge in [0, 0.05) is 7.11 Å². The zero-order valence-corrected chi connectivity index (χ0v) is 6.57. The second-order valence-corrected chi connectivity index (χ2v) is 2.94. The van der Waals surface area contributed by atoms with Gasteiger partial charge in [0.1, 0.15) is 0 Å². The lowest BCUT2D eigenvalue weighted by molar-refractivity contribution is -0.0897. The molecule has 0 radical (unpaired) electrons. The summed E-state index contributed by atoms with van der Waals surface area (Å²) in [5.41, 5.74) is 0. The number of ether oxygens (including phenoxy) is 1. The Morgan fingerprint density at radius 1 is 1.22 bits per heavy atom. The summed E-state index contributed by atoms with van der Waals surface area (Å²) in [6.45, 7) is 0. The van der Waals surface area contributed by atoms with Crippen LogP contribution in [0.5, 0.6) is 0 Å². The van der Waals surface area contributed by atoms with Gasteiger partial charge < -0.3 is 4.74 Å². The van der Waals surface area contributed by atoms with Gasteiger partial charge in [-0.05, 0) is 11.6 Å². The van der Waals surface area contributed by atoms with Crippen LogP contribution in [-0.4, -0.2) is 17.0 Å². The molecular weight excluding hydrogens is 196 g/mol. The molecule has 0 amide bonds. The summed E-state index contributed by atoms with van der Waals surface area (Å²) in [5, 5.41) is -3.18. The highest BCUT2D eigenvalue weighted by atomic mass is 35.5. The minimum Gasteiger partial charge on any atom is -0.333 e. The van der Waals surface area contributed by atoms with Gasteiger partial charge in [-0.1, -0.05) is 23.2 Å². The Morgan fingerprint density at radius 2 is 1.56 bits per heavy atom. The molecular formula is C3H3Cl3F2O. The van der Waals surface area contributed by atoms with Gasteiger partial charge in [0.05, 0.1) is 0 Å². The van der Waals surface area contributed by atoms with Crippen LogP contribution in [0.25, 0.3) is 0 Å². The molecule has 0 aliphatic carbocycles. The van der Waals surface area contributed by atoms with Crippen LogP contribution in [0.1, 0.15) is 0 Å². The topological polar surface area (TPSA) is 9.23 Å². The zero-order valence-electron chi connectivity index (χ0n) is 4.30. The minimum atomic E-state index is -3.23. The van der Waals surface area contributed by atoms with Crippen LogP contribution in [0.15, 0.2) is 0 Å². The van der Waals surface area contributed by atoms with Crippen LogP contribution in [0, 0.1) is 0 Å². The Hall–Kier alpha value is 0.690. The fraction of sp³-hybridized carbons (Fsp3) is 1.00. The maximum absolute atomic E-state index is 12.2. The zero-order chi connectivity index (χ0) is 7.71. The first-order chi connectivity index (χ1) is 3.81. The van der Waals surface area contributed by atoms with E-state index in [9.17, 15) is 8.78 Å². The number of hydrogen-bond acceptors (Lipinski definition) is 1. The Morgan fingerprint density at radius 3 is 1.56 bits per heavy atom. The average molecular weight is 199 g/mol. The molecule has 0 aliphatic rings. The SMILES string of the molecule is COC(F)(Cl)C(F)(Cl)Cl. The van der Waals surface area contributed by atoms with E-state index >= 15 is 0 Å². The van der Waals surface area contributed by atoms with E-state index < -0.39 is 9.90 Å². The fourth-order valence-electron chi connectivity index (χ4n) is 0.116. The standard InChI is InChI=1S/C3H3Cl3F2O/c1-9-3(6,8)2(4,5)7/h1H3. The summed E-state index contributed by atoms with van der Waals surface area (Å²) in [6.07, 6.45) is 0. The number of halogens is 5. The van der Waals surface area contributed by atoms with Crippen molar-refractivity contribution in [2.75, 3.05) is 7.11 Å². The van der Waals surface area contributed by atoms with Crippen molar-refractivity contribution in [1.82, 2.24) is 0 Å². The molecule has 56 valence electrons. The van der Waals surface area contributed by atoms with Crippen molar-refractivity contribution in [2.45, 2.75) is 9.90 Å². The molecule has 1 atom stereocenters. The molecule has 0 spiro atoms. The molecule has 0 rings (SSSR count). The molecule has 0 aliphatic heterocycles. The first-order valence-corrected chi connectivity index (χ1v) is 2.94. The highest BCUT2D eigenvalue weighted by Gasteiger charge is 2.51. The van der Waals surface area contributed by atoms with Gasteiger partial charge in [-0.15, -0.1) is 0 Å². The molecule has 6 heteroatoms. The van der Waals surface area contributed by atoms with Crippen molar-refractivity contribution in [2.24, 2.45) is 0 Å². The molecule has 1 nitrogen and oxygen atoms in total. The summed E-state index contributed by atoms with van der Waals surface area (Å²) >= 11 is 13.9. The normalized spacial score (nSPS) is 19.3. The van der Waals surface area contributed by atoms with Gasteiger partial charge in [0.15, 0.2) is 0 Å². The molecule has 0 saturated carbocycles. The monoisotopic (exact) mass is 198 g/mol. The highest BCUT2D eigenvalue weighted by molar-refractivity contribution is 6.51. The van der Waals surface area contributed by atoms with Crippen LogP contribution in [-0.2, 0) is 4.74 Å². The van der Waals surface area contributed by atoms with Gasteiger partial charge in [-0.2, -0.15) is 8.78 Å². The summed E-state index contributed by atoms with van der Waals surface area (Å²) < 4.78 is 24.8. The first kappa shape index (κ1) is 9.69.